The number of hydrogen-bond donors (Lipinski definition) is 5. The number of anilines is 1. The number of urea groups is 1. The Hall–Kier alpha value is -4.22. The Morgan fingerprint density at radius 2 is 1.55 bits per heavy atom. The van der Waals surface area contributed by atoms with Crippen LogP contribution in [0.15, 0.2) is 36.4 Å². The molecule has 0 unspecified atom stereocenters. The molecule has 40 heavy (non-hydrogen) atoms. The van der Waals surface area contributed by atoms with Crippen LogP contribution in [0.5, 0.6) is 0 Å². The second kappa shape index (κ2) is 14.2. The Bertz CT molecular complexity index is 1130. The third kappa shape index (κ3) is 8.14. The number of unbranched alkanes of at least 4 members (excludes halogenated alkanes) is 2. The van der Waals surface area contributed by atoms with Crippen molar-refractivity contribution in [2.75, 3.05) is 25.0 Å². The predicted molar refractivity (Wildman–Crippen MR) is 148 cm³/mol. The number of nitrogens with one attached hydrogen (secondary N) is 4. The summed E-state index contributed by atoms with van der Waals surface area (Å²) < 4.78 is 0. The molecule has 1 atom stereocenters. The van der Waals surface area contributed by atoms with E-state index in [1.165, 1.54) is 17.1 Å². The molecule has 1 aliphatic heterocycles. The maximum absolute atomic E-state index is 13.4. The van der Waals surface area contributed by atoms with Gasteiger partial charge in [0.15, 0.2) is 0 Å². The number of carbonyl (C=O) groups excluding carboxylic acids is 6. The Kier molecular flexibility index (Phi) is 10.8. The van der Waals surface area contributed by atoms with E-state index in [2.05, 4.69) is 21.3 Å². The number of imide groups is 1. The van der Waals surface area contributed by atoms with Gasteiger partial charge in [-0.3, -0.25) is 28.9 Å². The molecule has 1 heterocycles. The van der Waals surface area contributed by atoms with Crippen molar-refractivity contribution in [1.29, 1.82) is 0 Å². The van der Waals surface area contributed by atoms with Crippen molar-refractivity contribution in [3.63, 3.8) is 0 Å². The highest BCUT2D eigenvalue weighted by molar-refractivity contribution is 6.12. The van der Waals surface area contributed by atoms with E-state index in [1.54, 1.807) is 12.1 Å². The summed E-state index contributed by atoms with van der Waals surface area (Å²) >= 11 is 0. The molecule has 1 fully saturated rings. The van der Waals surface area contributed by atoms with Crippen molar-refractivity contribution in [3.8, 4) is 0 Å². The van der Waals surface area contributed by atoms with Crippen LogP contribution < -0.4 is 27.0 Å². The molecule has 0 aromatic heterocycles. The van der Waals surface area contributed by atoms with E-state index in [4.69, 9.17) is 5.73 Å². The van der Waals surface area contributed by atoms with E-state index < -0.39 is 29.3 Å². The fourth-order valence-electron chi connectivity index (χ4n) is 4.63. The molecule has 2 aliphatic rings. The normalized spacial score (nSPS) is 16.2. The first kappa shape index (κ1) is 30.3. The van der Waals surface area contributed by atoms with E-state index >= 15 is 0 Å². The molecule has 0 saturated heterocycles. The first-order valence-corrected chi connectivity index (χ1v) is 13.7. The molecule has 1 aromatic rings. The van der Waals surface area contributed by atoms with Gasteiger partial charge in [0.25, 0.3) is 11.8 Å². The highest BCUT2D eigenvalue weighted by Gasteiger charge is 2.51. The number of aryl methyl sites for hydroxylation is 1. The average molecular weight is 555 g/mol. The molecule has 0 radical (unpaired) electrons. The third-order valence-electron chi connectivity index (χ3n) is 7.23. The van der Waals surface area contributed by atoms with Crippen LogP contribution in [0.2, 0.25) is 0 Å². The molecular weight excluding hydrogens is 516 g/mol. The van der Waals surface area contributed by atoms with E-state index in [1.807, 2.05) is 19.1 Å². The summed E-state index contributed by atoms with van der Waals surface area (Å²) in [5.41, 5.74) is 5.48. The largest absolute Gasteiger partial charge is 0.355 e. The SMILES string of the molecule is Cc1ccc(NC(=O)[C@H](CCCNC(N)=O)NC(=O)C2(C(=O)NCCCCCN3C(=O)C=CC3=O)CCC2)cc1. The van der Waals surface area contributed by atoms with Crippen molar-refractivity contribution < 1.29 is 28.8 Å². The molecule has 0 bridgehead atoms. The summed E-state index contributed by atoms with van der Waals surface area (Å²) in [5, 5.41) is 10.9. The fourth-order valence-corrected chi connectivity index (χ4v) is 4.63. The Labute approximate surface area is 233 Å². The highest BCUT2D eigenvalue weighted by Crippen LogP contribution is 2.41. The number of carbonyl (C=O) groups is 6. The molecule has 0 spiro atoms. The number of benzene rings is 1. The van der Waals surface area contributed by atoms with Gasteiger partial charge in [-0.2, -0.15) is 0 Å². The lowest BCUT2D eigenvalue weighted by Crippen LogP contribution is -2.58. The quantitative estimate of drug-likeness (QED) is 0.124. The molecule has 12 nitrogen and oxygen atoms in total. The number of rotatable bonds is 15. The zero-order valence-corrected chi connectivity index (χ0v) is 22.8. The number of hydrogen-bond acceptors (Lipinski definition) is 6. The molecular formula is C28H38N6O6. The molecule has 1 aliphatic carbocycles. The summed E-state index contributed by atoms with van der Waals surface area (Å²) in [6.07, 6.45) is 6.54. The van der Waals surface area contributed by atoms with Crippen molar-refractivity contribution >= 4 is 41.3 Å². The Balaban J connectivity index is 1.52. The van der Waals surface area contributed by atoms with Gasteiger partial charge in [-0.05, 0) is 64.0 Å². The van der Waals surface area contributed by atoms with Gasteiger partial charge in [0.1, 0.15) is 11.5 Å². The summed E-state index contributed by atoms with van der Waals surface area (Å²) in [5.74, 6) is -1.92. The number of nitrogens with zero attached hydrogens (tertiary/aromatic N) is 1. The maximum atomic E-state index is 13.4. The Morgan fingerprint density at radius 1 is 0.900 bits per heavy atom. The van der Waals surface area contributed by atoms with E-state index in [0.29, 0.717) is 57.3 Å². The van der Waals surface area contributed by atoms with Crippen LogP contribution in [0.3, 0.4) is 0 Å². The monoisotopic (exact) mass is 554 g/mol. The van der Waals surface area contributed by atoms with E-state index in [9.17, 15) is 28.8 Å². The van der Waals surface area contributed by atoms with E-state index in [-0.39, 0.29) is 30.7 Å². The molecule has 1 aromatic carbocycles. The lowest BCUT2D eigenvalue weighted by Gasteiger charge is -2.39. The summed E-state index contributed by atoms with van der Waals surface area (Å²) in [4.78, 5) is 74.9. The second-order valence-corrected chi connectivity index (χ2v) is 10.2. The average Bonchev–Trinajstić information content (AvgIpc) is 3.20. The van der Waals surface area contributed by atoms with Crippen LogP contribution in [0.4, 0.5) is 10.5 Å². The highest BCUT2D eigenvalue weighted by atomic mass is 16.2. The van der Waals surface area contributed by atoms with Crippen LogP contribution >= 0.6 is 0 Å². The zero-order valence-electron chi connectivity index (χ0n) is 22.8. The molecule has 6 N–H and O–H groups in total. The Morgan fingerprint density at radius 3 is 2.15 bits per heavy atom. The van der Waals surface area contributed by atoms with E-state index in [0.717, 1.165) is 12.0 Å². The molecule has 3 rings (SSSR count). The van der Waals surface area contributed by atoms with Crippen molar-refractivity contribution in [2.45, 2.75) is 64.3 Å². The number of nitrogens with two attached hydrogens (primary N) is 1. The first-order chi connectivity index (χ1) is 19.1. The zero-order chi connectivity index (χ0) is 29.1. The van der Waals surface area contributed by atoms with Crippen LogP contribution in [0.1, 0.15) is 56.9 Å². The topological polar surface area (TPSA) is 180 Å². The lowest BCUT2D eigenvalue weighted by atomic mass is 9.67. The fraction of sp³-hybridized carbons (Fsp3) is 0.500. The lowest BCUT2D eigenvalue weighted by molar-refractivity contribution is -0.151. The van der Waals surface area contributed by atoms with Gasteiger partial charge >= 0.3 is 6.03 Å². The molecule has 1 saturated carbocycles. The van der Waals surface area contributed by atoms with Gasteiger partial charge in [-0.1, -0.05) is 24.1 Å². The first-order valence-electron chi connectivity index (χ1n) is 13.7. The van der Waals surface area contributed by atoms with Gasteiger partial charge in [-0.15, -0.1) is 0 Å². The van der Waals surface area contributed by atoms with Crippen LogP contribution in [-0.4, -0.2) is 66.1 Å². The van der Waals surface area contributed by atoms with Crippen molar-refractivity contribution in [1.82, 2.24) is 20.9 Å². The number of primary amides is 1. The summed E-state index contributed by atoms with van der Waals surface area (Å²) in [6.45, 7) is 2.85. The maximum Gasteiger partial charge on any atom is 0.312 e. The third-order valence-corrected chi connectivity index (χ3v) is 7.23. The van der Waals surface area contributed by atoms with Gasteiger partial charge in [0, 0.05) is 37.5 Å². The standard InChI is InChI=1S/C28H38N6O6/c1-19-8-10-20(11-9-19)32-24(37)21(7-5-17-31-27(29)40)33-26(39)28(14-6-15-28)25(38)30-16-3-2-4-18-34-22(35)12-13-23(34)36/h8-13,21H,2-7,14-18H2,1H3,(H,30,38)(H,32,37)(H,33,39)(H3,29,31,40)/t21-/m0/s1. The van der Waals surface area contributed by atoms with Crippen molar-refractivity contribution in [3.05, 3.63) is 42.0 Å². The van der Waals surface area contributed by atoms with Gasteiger partial charge in [0.2, 0.25) is 17.7 Å². The van der Waals surface area contributed by atoms with Crippen molar-refractivity contribution in [2.24, 2.45) is 11.1 Å². The van der Waals surface area contributed by atoms with Gasteiger partial charge in [0.05, 0.1) is 0 Å². The van der Waals surface area contributed by atoms with Crippen LogP contribution in [0, 0.1) is 12.3 Å². The molecule has 216 valence electrons. The van der Waals surface area contributed by atoms with Crippen LogP contribution in [-0.2, 0) is 24.0 Å². The number of amides is 7. The molecule has 12 heteroatoms. The minimum absolute atomic E-state index is 0.235. The van der Waals surface area contributed by atoms with Crippen LogP contribution in [0.25, 0.3) is 0 Å². The second-order valence-electron chi connectivity index (χ2n) is 10.2. The molecule has 7 amide bonds. The summed E-state index contributed by atoms with van der Waals surface area (Å²) in [6, 6.07) is 5.65. The van der Waals surface area contributed by atoms with Gasteiger partial charge < -0.3 is 27.0 Å². The van der Waals surface area contributed by atoms with Gasteiger partial charge in [-0.25, -0.2) is 4.79 Å². The smallest absolute Gasteiger partial charge is 0.312 e. The minimum Gasteiger partial charge on any atom is -0.355 e. The minimum atomic E-state index is -1.24. The summed E-state index contributed by atoms with van der Waals surface area (Å²) in [7, 11) is 0. The predicted octanol–water partition coefficient (Wildman–Crippen LogP) is 1.25.